The molecule has 0 bridgehead atoms. The summed E-state index contributed by atoms with van der Waals surface area (Å²) < 4.78 is 5.33. The summed E-state index contributed by atoms with van der Waals surface area (Å²) in [5, 5.41) is 0. The quantitative estimate of drug-likeness (QED) is 0.748. The van der Waals surface area contributed by atoms with Crippen molar-refractivity contribution in [3.63, 3.8) is 0 Å². The van der Waals surface area contributed by atoms with Gasteiger partial charge in [-0.05, 0) is 56.2 Å². The molecule has 4 rings (SSSR count). The Kier molecular flexibility index (Phi) is 5.64. The lowest BCUT2D eigenvalue weighted by Gasteiger charge is -2.44. The van der Waals surface area contributed by atoms with Gasteiger partial charge in [-0.3, -0.25) is 9.59 Å². The first-order chi connectivity index (χ1) is 13.6. The normalized spacial score (nSPS) is 24.8. The number of carbonyl (C=O) groups is 3. The Bertz CT molecular complexity index is 761. The molecule has 0 unspecified atom stereocenters. The second-order valence-corrected chi connectivity index (χ2v) is 8.12. The van der Waals surface area contributed by atoms with Crippen molar-refractivity contribution in [3.8, 4) is 0 Å². The summed E-state index contributed by atoms with van der Waals surface area (Å²) in [4.78, 5) is 40.7. The third-order valence-electron chi connectivity index (χ3n) is 6.36. The third-order valence-corrected chi connectivity index (χ3v) is 6.36. The van der Waals surface area contributed by atoms with Gasteiger partial charge in [-0.25, -0.2) is 4.79 Å². The van der Waals surface area contributed by atoms with Crippen LogP contribution in [0.3, 0.4) is 0 Å². The Morgan fingerprint density at radius 3 is 2.68 bits per heavy atom. The van der Waals surface area contributed by atoms with E-state index < -0.39 is 5.97 Å². The predicted molar refractivity (Wildman–Crippen MR) is 105 cm³/mol. The van der Waals surface area contributed by atoms with Crippen LogP contribution in [0.25, 0.3) is 0 Å². The molecule has 0 aromatic heterocycles. The van der Waals surface area contributed by atoms with Gasteiger partial charge in [0.2, 0.25) is 5.91 Å². The number of benzene rings is 1. The molecule has 0 radical (unpaired) electrons. The fourth-order valence-electron chi connectivity index (χ4n) is 4.95. The number of fused-ring (bicyclic) bond motifs is 1. The van der Waals surface area contributed by atoms with E-state index in [1.807, 2.05) is 11.0 Å². The molecule has 2 heterocycles. The van der Waals surface area contributed by atoms with E-state index in [9.17, 15) is 14.4 Å². The van der Waals surface area contributed by atoms with Gasteiger partial charge < -0.3 is 14.5 Å². The Morgan fingerprint density at radius 1 is 1.04 bits per heavy atom. The molecule has 1 aliphatic carbocycles. The highest BCUT2D eigenvalue weighted by Crippen LogP contribution is 2.35. The van der Waals surface area contributed by atoms with E-state index in [0.717, 1.165) is 25.8 Å². The fraction of sp³-hybridized carbons (Fsp3) is 0.591. The lowest BCUT2D eigenvalue weighted by atomic mass is 9.78. The minimum atomic E-state index is -0.515. The molecule has 0 spiro atoms. The van der Waals surface area contributed by atoms with Gasteiger partial charge in [0.15, 0.2) is 6.61 Å². The molecular formula is C22H28N2O4. The monoisotopic (exact) mass is 384 g/mol. The van der Waals surface area contributed by atoms with Crippen molar-refractivity contribution in [1.29, 1.82) is 0 Å². The van der Waals surface area contributed by atoms with Crippen LogP contribution in [-0.4, -0.2) is 48.4 Å². The summed E-state index contributed by atoms with van der Waals surface area (Å²) in [5.74, 6) is 0.0829. The molecule has 1 saturated carbocycles. The lowest BCUT2D eigenvalue weighted by molar-refractivity contribution is -0.140. The zero-order chi connectivity index (χ0) is 19.5. The average molecular weight is 384 g/mol. The first-order valence-corrected chi connectivity index (χ1v) is 10.5. The average Bonchev–Trinajstić information content (AvgIpc) is 3.17. The van der Waals surface area contributed by atoms with Crippen LogP contribution in [0, 0.1) is 5.92 Å². The van der Waals surface area contributed by atoms with Crippen LogP contribution in [0.4, 0.5) is 5.69 Å². The minimum absolute atomic E-state index is 0.0767. The number of amides is 2. The molecule has 6 nitrogen and oxygen atoms in total. The van der Waals surface area contributed by atoms with E-state index in [4.69, 9.17) is 4.74 Å². The van der Waals surface area contributed by atoms with Gasteiger partial charge in [0.05, 0.1) is 5.56 Å². The maximum absolute atomic E-state index is 12.7. The number of piperidine rings is 1. The van der Waals surface area contributed by atoms with E-state index in [-0.39, 0.29) is 18.4 Å². The maximum atomic E-state index is 12.7. The molecule has 2 amide bonds. The van der Waals surface area contributed by atoms with Gasteiger partial charge in [0, 0.05) is 31.2 Å². The number of hydrogen-bond acceptors (Lipinski definition) is 4. The zero-order valence-corrected chi connectivity index (χ0v) is 16.3. The summed E-state index contributed by atoms with van der Waals surface area (Å²) in [6.07, 6.45) is 8.32. The SMILES string of the molecule is O=C(OCC(=O)N1CCC[C@H]2CCCC[C@@H]21)c1cccc(N2CCCC2=O)c1. The second kappa shape index (κ2) is 8.33. The van der Waals surface area contributed by atoms with Crippen molar-refractivity contribution < 1.29 is 19.1 Å². The molecule has 2 atom stereocenters. The molecule has 2 saturated heterocycles. The minimum Gasteiger partial charge on any atom is -0.452 e. The van der Waals surface area contributed by atoms with Crippen molar-refractivity contribution >= 4 is 23.5 Å². The Labute approximate surface area is 165 Å². The standard InChI is InChI=1S/C22H28N2O4/c25-20-11-5-12-23(20)18-9-3-7-17(14-18)22(27)28-15-21(26)24-13-4-8-16-6-1-2-10-19(16)24/h3,7,9,14,16,19H,1-2,4-6,8,10-13,15H2/t16-,19+/m1/s1. The topological polar surface area (TPSA) is 66.9 Å². The number of ether oxygens (including phenoxy) is 1. The van der Waals surface area contributed by atoms with E-state index >= 15 is 0 Å². The highest BCUT2D eigenvalue weighted by atomic mass is 16.5. The molecular weight excluding hydrogens is 356 g/mol. The Hall–Kier alpha value is -2.37. The number of rotatable bonds is 4. The van der Waals surface area contributed by atoms with Crippen molar-refractivity contribution in [3.05, 3.63) is 29.8 Å². The van der Waals surface area contributed by atoms with E-state index in [1.54, 1.807) is 23.1 Å². The van der Waals surface area contributed by atoms with Crippen LogP contribution in [0.5, 0.6) is 0 Å². The van der Waals surface area contributed by atoms with Crippen molar-refractivity contribution in [2.75, 3.05) is 24.6 Å². The van der Waals surface area contributed by atoms with Gasteiger partial charge in [0.25, 0.3) is 5.91 Å². The molecule has 2 aliphatic heterocycles. The maximum Gasteiger partial charge on any atom is 0.338 e. The molecule has 1 aromatic carbocycles. The van der Waals surface area contributed by atoms with Crippen LogP contribution in [0.2, 0.25) is 0 Å². The Morgan fingerprint density at radius 2 is 1.86 bits per heavy atom. The van der Waals surface area contributed by atoms with Gasteiger partial charge in [0.1, 0.15) is 0 Å². The summed E-state index contributed by atoms with van der Waals surface area (Å²) in [6, 6.07) is 7.22. The lowest BCUT2D eigenvalue weighted by Crippen LogP contribution is -2.50. The van der Waals surface area contributed by atoms with Gasteiger partial charge >= 0.3 is 5.97 Å². The van der Waals surface area contributed by atoms with Crippen molar-refractivity contribution in [2.45, 2.75) is 57.4 Å². The molecule has 0 N–H and O–H groups in total. The number of carbonyl (C=O) groups excluding carboxylic acids is 3. The molecule has 1 aromatic rings. The highest BCUT2D eigenvalue weighted by Gasteiger charge is 2.35. The van der Waals surface area contributed by atoms with Gasteiger partial charge in [-0.2, -0.15) is 0 Å². The van der Waals surface area contributed by atoms with Gasteiger partial charge in [-0.15, -0.1) is 0 Å². The number of anilines is 1. The summed E-state index contributed by atoms with van der Waals surface area (Å²) in [5.41, 5.74) is 1.09. The van der Waals surface area contributed by atoms with E-state index in [0.29, 0.717) is 36.2 Å². The van der Waals surface area contributed by atoms with E-state index in [1.165, 1.54) is 25.7 Å². The number of nitrogens with zero attached hydrogens (tertiary/aromatic N) is 2. The van der Waals surface area contributed by atoms with Crippen LogP contribution in [0.15, 0.2) is 24.3 Å². The zero-order valence-electron chi connectivity index (χ0n) is 16.3. The largest absolute Gasteiger partial charge is 0.452 e. The Balaban J connectivity index is 1.36. The smallest absolute Gasteiger partial charge is 0.338 e. The first-order valence-electron chi connectivity index (χ1n) is 10.5. The highest BCUT2D eigenvalue weighted by molar-refractivity contribution is 5.97. The van der Waals surface area contributed by atoms with Crippen molar-refractivity contribution in [2.24, 2.45) is 5.92 Å². The third kappa shape index (κ3) is 3.91. The van der Waals surface area contributed by atoms with Crippen molar-refractivity contribution in [1.82, 2.24) is 4.90 Å². The number of esters is 1. The summed E-state index contributed by atoms with van der Waals surface area (Å²) in [6.45, 7) is 1.23. The molecule has 3 fully saturated rings. The number of hydrogen-bond donors (Lipinski definition) is 0. The molecule has 28 heavy (non-hydrogen) atoms. The number of likely N-dealkylation sites (tertiary alicyclic amines) is 1. The van der Waals surface area contributed by atoms with Crippen LogP contribution < -0.4 is 4.90 Å². The first kappa shape index (κ1) is 19.0. The predicted octanol–water partition coefficient (Wildman–Crippen LogP) is 3.15. The molecule has 150 valence electrons. The van der Waals surface area contributed by atoms with Crippen LogP contribution in [0.1, 0.15) is 61.7 Å². The van der Waals surface area contributed by atoms with E-state index in [2.05, 4.69) is 0 Å². The van der Waals surface area contributed by atoms with Gasteiger partial charge in [-0.1, -0.05) is 18.9 Å². The second-order valence-electron chi connectivity index (χ2n) is 8.12. The van der Waals surface area contributed by atoms with Crippen LogP contribution >= 0.6 is 0 Å². The van der Waals surface area contributed by atoms with Crippen LogP contribution in [-0.2, 0) is 14.3 Å². The fourth-order valence-corrected chi connectivity index (χ4v) is 4.95. The summed E-state index contributed by atoms with van der Waals surface area (Å²) >= 11 is 0. The molecule has 6 heteroatoms. The summed E-state index contributed by atoms with van der Waals surface area (Å²) in [7, 11) is 0. The molecule has 3 aliphatic rings.